The molecule has 0 aliphatic carbocycles. The summed E-state index contributed by atoms with van der Waals surface area (Å²) in [5, 5.41) is 12.1. The number of aliphatic hydroxyl groups is 1. The van der Waals surface area contributed by atoms with Crippen molar-refractivity contribution in [2.75, 3.05) is 26.7 Å². The van der Waals surface area contributed by atoms with Gasteiger partial charge in [0.15, 0.2) is 0 Å². The van der Waals surface area contributed by atoms with Crippen LogP contribution in [0.4, 0.5) is 0 Å². The average Bonchev–Trinajstić information content (AvgIpc) is 2.78. The number of likely N-dealkylation sites (tertiary alicyclic amines) is 1. The average molecular weight is 411 g/mol. The van der Waals surface area contributed by atoms with Gasteiger partial charge >= 0.3 is 0 Å². The fraction of sp³-hybridized carbons (Fsp3) is 0.577. The molecule has 1 unspecified atom stereocenters. The molecule has 1 saturated heterocycles. The number of fused-ring (bicyclic) bond motifs is 1. The maximum atomic E-state index is 11.1. The third-order valence-electron chi connectivity index (χ3n) is 6.64. The third kappa shape index (κ3) is 5.83. The maximum absolute atomic E-state index is 11.1. The number of nitrogens with zero attached hydrogens (tertiary/aromatic N) is 2. The molecule has 3 atom stereocenters. The molecule has 1 fully saturated rings. The Labute approximate surface area is 182 Å². The van der Waals surface area contributed by atoms with Crippen molar-refractivity contribution in [2.24, 2.45) is 11.8 Å². The van der Waals surface area contributed by atoms with Gasteiger partial charge in [-0.1, -0.05) is 38.7 Å². The molecule has 0 radical (unpaired) electrons. The lowest BCUT2D eigenvalue weighted by Gasteiger charge is -2.38. The van der Waals surface area contributed by atoms with Crippen molar-refractivity contribution >= 4 is 10.9 Å². The minimum Gasteiger partial charge on any atom is -0.497 e. The van der Waals surface area contributed by atoms with Crippen LogP contribution in [0.3, 0.4) is 0 Å². The molecule has 0 amide bonds. The van der Waals surface area contributed by atoms with Gasteiger partial charge in [0.25, 0.3) is 0 Å². The molecule has 30 heavy (non-hydrogen) atoms. The summed E-state index contributed by atoms with van der Waals surface area (Å²) in [4.78, 5) is 7.04. The van der Waals surface area contributed by atoms with Crippen LogP contribution in [-0.2, 0) is 0 Å². The van der Waals surface area contributed by atoms with Crippen molar-refractivity contribution < 1.29 is 9.84 Å². The Hall–Kier alpha value is -1.91. The van der Waals surface area contributed by atoms with Gasteiger partial charge in [-0.05, 0) is 74.0 Å². The Balaban J connectivity index is 1.61. The van der Waals surface area contributed by atoms with E-state index in [4.69, 9.17) is 4.74 Å². The highest BCUT2D eigenvalue weighted by Crippen LogP contribution is 2.35. The highest BCUT2D eigenvalue weighted by molar-refractivity contribution is 5.83. The minimum absolute atomic E-state index is 0.437. The molecule has 0 saturated carbocycles. The Morgan fingerprint density at radius 3 is 2.87 bits per heavy atom. The SMILES string of the molecule is C=C[C@H]1CN(CCCCCCC)CC[C@@H]1CC(O)c1ccnc2ccc(OC)cc12. The summed E-state index contributed by atoms with van der Waals surface area (Å²) in [5.41, 5.74) is 1.84. The second-order valence-corrected chi connectivity index (χ2v) is 8.70. The van der Waals surface area contributed by atoms with E-state index in [9.17, 15) is 5.11 Å². The van der Waals surface area contributed by atoms with Crippen LogP contribution in [0.5, 0.6) is 5.75 Å². The van der Waals surface area contributed by atoms with Gasteiger partial charge in [-0.3, -0.25) is 4.98 Å². The highest BCUT2D eigenvalue weighted by Gasteiger charge is 2.29. The zero-order chi connectivity index (χ0) is 21.3. The van der Waals surface area contributed by atoms with E-state index >= 15 is 0 Å². The van der Waals surface area contributed by atoms with Gasteiger partial charge < -0.3 is 14.7 Å². The minimum atomic E-state index is -0.504. The van der Waals surface area contributed by atoms with Crippen molar-refractivity contribution in [3.8, 4) is 5.75 Å². The summed E-state index contributed by atoms with van der Waals surface area (Å²) < 4.78 is 5.38. The second kappa shape index (κ2) is 11.5. The number of pyridine rings is 1. The topological polar surface area (TPSA) is 45.6 Å². The van der Waals surface area contributed by atoms with Crippen molar-refractivity contribution in [2.45, 2.75) is 58.0 Å². The van der Waals surface area contributed by atoms with E-state index in [2.05, 4.69) is 29.5 Å². The molecule has 3 rings (SSSR count). The van der Waals surface area contributed by atoms with Crippen LogP contribution in [0.25, 0.3) is 10.9 Å². The number of aromatic nitrogens is 1. The zero-order valence-electron chi connectivity index (χ0n) is 18.7. The molecular weight excluding hydrogens is 372 g/mol. The number of hydrogen-bond acceptors (Lipinski definition) is 4. The first-order valence-electron chi connectivity index (χ1n) is 11.6. The Kier molecular flexibility index (Phi) is 8.71. The van der Waals surface area contributed by atoms with Gasteiger partial charge in [-0.15, -0.1) is 6.58 Å². The summed E-state index contributed by atoms with van der Waals surface area (Å²) in [6.45, 7) is 9.76. The lowest BCUT2D eigenvalue weighted by molar-refractivity contribution is 0.0842. The molecule has 1 aliphatic heterocycles. The van der Waals surface area contributed by atoms with Crippen LogP contribution in [0.1, 0.15) is 63.5 Å². The Morgan fingerprint density at radius 2 is 2.10 bits per heavy atom. The van der Waals surface area contributed by atoms with Gasteiger partial charge in [0.05, 0.1) is 18.7 Å². The quantitative estimate of drug-likeness (QED) is 0.378. The molecule has 1 aromatic heterocycles. The van der Waals surface area contributed by atoms with Gasteiger partial charge in [0.1, 0.15) is 5.75 Å². The Bertz CT molecular complexity index is 807. The first-order chi connectivity index (χ1) is 14.7. The van der Waals surface area contributed by atoms with Gasteiger partial charge in [-0.25, -0.2) is 0 Å². The number of benzene rings is 1. The summed E-state index contributed by atoms with van der Waals surface area (Å²) >= 11 is 0. The molecular formula is C26H38N2O2. The molecule has 2 aromatic rings. The number of aliphatic hydroxyl groups excluding tert-OH is 1. The predicted octanol–water partition coefficient (Wildman–Crippen LogP) is 5.76. The number of rotatable bonds is 11. The van der Waals surface area contributed by atoms with Crippen LogP contribution in [0.2, 0.25) is 0 Å². The van der Waals surface area contributed by atoms with Crippen LogP contribution in [0.15, 0.2) is 43.1 Å². The molecule has 2 heterocycles. The molecule has 0 spiro atoms. The molecule has 4 heteroatoms. The number of unbranched alkanes of at least 4 members (excludes halogenated alkanes) is 4. The van der Waals surface area contributed by atoms with E-state index in [-0.39, 0.29) is 0 Å². The highest BCUT2D eigenvalue weighted by atomic mass is 16.5. The summed E-state index contributed by atoms with van der Waals surface area (Å²) in [6, 6.07) is 7.79. The number of piperidine rings is 1. The van der Waals surface area contributed by atoms with Crippen molar-refractivity contribution in [1.82, 2.24) is 9.88 Å². The van der Waals surface area contributed by atoms with Crippen molar-refractivity contribution in [1.29, 1.82) is 0 Å². The molecule has 0 bridgehead atoms. The molecule has 1 aromatic carbocycles. The first kappa shape index (κ1) is 22.8. The van der Waals surface area contributed by atoms with Gasteiger partial charge in [-0.2, -0.15) is 0 Å². The van der Waals surface area contributed by atoms with Crippen LogP contribution in [0, 0.1) is 11.8 Å². The number of methoxy groups -OCH3 is 1. The molecule has 4 nitrogen and oxygen atoms in total. The summed E-state index contributed by atoms with van der Waals surface area (Å²) in [6.07, 6.45) is 11.9. The van der Waals surface area contributed by atoms with Gasteiger partial charge in [0.2, 0.25) is 0 Å². The third-order valence-corrected chi connectivity index (χ3v) is 6.64. The van der Waals surface area contributed by atoms with E-state index in [1.807, 2.05) is 24.3 Å². The molecule has 1 aliphatic rings. The first-order valence-corrected chi connectivity index (χ1v) is 11.6. The summed E-state index contributed by atoms with van der Waals surface area (Å²) in [7, 11) is 1.67. The van der Waals surface area contributed by atoms with Crippen molar-refractivity contribution in [3.05, 3.63) is 48.7 Å². The van der Waals surface area contributed by atoms with E-state index in [1.54, 1.807) is 13.3 Å². The fourth-order valence-electron chi connectivity index (χ4n) is 4.78. The van der Waals surface area contributed by atoms with E-state index in [1.165, 1.54) is 38.6 Å². The van der Waals surface area contributed by atoms with E-state index in [0.29, 0.717) is 11.8 Å². The monoisotopic (exact) mass is 410 g/mol. The fourth-order valence-corrected chi connectivity index (χ4v) is 4.78. The van der Waals surface area contributed by atoms with E-state index in [0.717, 1.165) is 48.1 Å². The Morgan fingerprint density at radius 1 is 1.27 bits per heavy atom. The lowest BCUT2D eigenvalue weighted by Crippen LogP contribution is -2.40. The lowest BCUT2D eigenvalue weighted by atomic mass is 9.80. The predicted molar refractivity (Wildman–Crippen MR) is 125 cm³/mol. The van der Waals surface area contributed by atoms with Crippen LogP contribution in [-0.4, -0.2) is 41.7 Å². The summed E-state index contributed by atoms with van der Waals surface area (Å²) in [5.74, 6) is 1.69. The zero-order valence-corrected chi connectivity index (χ0v) is 18.7. The number of hydrogen-bond donors (Lipinski definition) is 1. The van der Waals surface area contributed by atoms with Crippen molar-refractivity contribution in [3.63, 3.8) is 0 Å². The van der Waals surface area contributed by atoms with Crippen LogP contribution >= 0.6 is 0 Å². The largest absolute Gasteiger partial charge is 0.497 e. The molecule has 164 valence electrons. The standard InChI is InChI=1S/C26H38N2O2/c1-4-6-7-8-9-15-28-16-13-21(20(5-2)19-28)17-26(29)23-12-14-27-25-11-10-22(30-3)18-24(23)25/h5,10-12,14,18,20-21,26,29H,2,4,6-9,13,15-17,19H2,1,3H3/t20-,21+,26?/m0/s1. The van der Waals surface area contributed by atoms with Gasteiger partial charge in [0, 0.05) is 18.1 Å². The maximum Gasteiger partial charge on any atom is 0.119 e. The molecule has 1 N–H and O–H groups in total. The number of ether oxygens (including phenoxy) is 1. The van der Waals surface area contributed by atoms with Crippen LogP contribution < -0.4 is 4.74 Å². The normalized spacial score (nSPS) is 20.9. The smallest absolute Gasteiger partial charge is 0.119 e. The van der Waals surface area contributed by atoms with E-state index < -0.39 is 6.10 Å². The second-order valence-electron chi connectivity index (χ2n) is 8.70.